The van der Waals surface area contributed by atoms with Gasteiger partial charge in [0.05, 0.1) is 0 Å². The molecule has 1 nitrogen and oxygen atoms in total. The summed E-state index contributed by atoms with van der Waals surface area (Å²) in [5.41, 5.74) is 1.62. The first kappa shape index (κ1) is 12.2. The first-order chi connectivity index (χ1) is 7.33. The summed E-state index contributed by atoms with van der Waals surface area (Å²) in [6, 6.07) is 0. The summed E-state index contributed by atoms with van der Waals surface area (Å²) < 4.78 is 0. The van der Waals surface area contributed by atoms with Crippen LogP contribution in [-0.4, -0.2) is 6.21 Å². The van der Waals surface area contributed by atoms with Crippen LogP contribution < -0.4 is 0 Å². The molecule has 1 atom stereocenters. The van der Waals surface area contributed by atoms with Crippen LogP contribution in [0.5, 0.6) is 0 Å². The molecule has 0 heterocycles. The van der Waals surface area contributed by atoms with Crippen LogP contribution in [0.3, 0.4) is 0 Å². The van der Waals surface area contributed by atoms with E-state index in [1.807, 2.05) is 0 Å². The van der Waals surface area contributed by atoms with Gasteiger partial charge in [-0.3, -0.25) is 0 Å². The van der Waals surface area contributed by atoms with Crippen molar-refractivity contribution in [3.05, 3.63) is 23.8 Å². The molecule has 0 aromatic heterocycles. The standard InChI is InChI=1S/C14H23N/c1-13(12-15)8-6-7-11-14-9-4-2-3-5-10-14/h2,4,10,12-13,15H,3,5-9,11H2,1H3. The Hall–Kier alpha value is -0.850. The van der Waals surface area contributed by atoms with Crippen molar-refractivity contribution in [2.45, 2.75) is 51.9 Å². The van der Waals surface area contributed by atoms with Crippen LogP contribution in [0.1, 0.15) is 51.9 Å². The van der Waals surface area contributed by atoms with Crippen LogP contribution in [-0.2, 0) is 0 Å². The fourth-order valence-corrected chi connectivity index (χ4v) is 1.93. The van der Waals surface area contributed by atoms with Gasteiger partial charge in [-0.1, -0.05) is 37.1 Å². The van der Waals surface area contributed by atoms with Crippen LogP contribution in [0, 0.1) is 11.3 Å². The van der Waals surface area contributed by atoms with Crippen molar-refractivity contribution in [1.29, 1.82) is 5.41 Å². The van der Waals surface area contributed by atoms with Gasteiger partial charge in [-0.25, -0.2) is 0 Å². The lowest BCUT2D eigenvalue weighted by molar-refractivity contribution is 0.605. The summed E-state index contributed by atoms with van der Waals surface area (Å²) in [5, 5.41) is 7.12. The van der Waals surface area contributed by atoms with Crippen LogP contribution in [0.2, 0.25) is 0 Å². The van der Waals surface area contributed by atoms with Crippen molar-refractivity contribution in [2.75, 3.05) is 0 Å². The molecule has 84 valence electrons. The molecule has 1 heteroatoms. The Morgan fingerprint density at radius 3 is 3.00 bits per heavy atom. The second-order valence-corrected chi connectivity index (χ2v) is 4.50. The van der Waals surface area contributed by atoms with E-state index in [0.29, 0.717) is 5.92 Å². The molecular weight excluding hydrogens is 182 g/mol. The normalized spacial score (nSPS) is 18.1. The average molecular weight is 205 g/mol. The highest BCUT2D eigenvalue weighted by atomic mass is 14.3. The van der Waals surface area contributed by atoms with E-state index >= 15 is 0 Å². The van der Waals surface area contributed by atoms with E-state index < -0.39 is 0 Å². The van der Waals surface area contributed by atoms with Gasteiger partial charge in [-0.15, -0.1) is 0 Å². The van der Waals surface area contributed by atoms with Gasteiger partial charge in [0.25, 0.3) is 0 Å². The molecule has 1 unspecified atom stereocenters. The minimum Gasteiger partial charge on any atom is -0.313 e. The molecule has 0 aromatic carbocycles. The highest BCUT2D eigenvalue weighted by Crippen LogP contribution is 2.18. The van der Waals surface area contributed by atoms with Gasteiger partial charge in [0, 0.05) is 0 Å². The number of rotatable bonds is 6. The maximum Gasteiger partial charge on any atom is -0.00195 e. The third kappa shape index (κ3) is 5.56. The van der Waals surface area contributed by atoms with E-state index in [9.17, 15) is 0 Å². The van der Waals surface area contributed by atoms with Crippen molar-refractivity contribution in [2.24, 2.45) is 5.92 Å². The molecule has 0 aliphatic heterocycles. The fourth-order valence-electron chi connectivity index (χ4n) is 1.93. The van der Waals surface area contributed by atoms with E-state index in [1.165, 1.54) is 44.9 Å². The quantitative estimate of drug-likeness (QED) is 0.375. The lowest BCUT2D eigenvalue weighted by atomic mass is 10.0. The van der Waals surface area contributed by atoms with Gasteiger partial charge >= 0.3 is 0 Å². The molecular formula is C14H23N. The molecule has 0 saturated heterocycles. The van der Waals surface area contributed by atoms with Crippen LogP contribution in [0.4, 0.5) is 0 Å². The third-order valence-electron chi connectivity index (χ3n) is 3.00. The highest BCUT2D eigenvalue weighted by molar-refractivity contribution is 5.55. The van der Waals surface area contributed by atoms with Crippen molar-refractivity contribution < 1.29 is 0 Å². The Morgan fingerprint density at radius 2 is 2.20 bits per heavy atom. The lowest BCUT2D eigenvalue weighted by Gasteiger charge is -2.06. The summed E-state index contributed by atoms with van der Waals surface area (Å²) in [6.07, 6.45) is 17.2. The van der Waals surface area contributed by atoms with Crippen molar-refractivity contribution >= 4 is 6.21 Å². The number of hydrogen-bond acceptors (Lipinski definition) is 1. The van der Waals surface area contributed by atoms with Gasteiger partial charge in [-0.05, 0) is 50.7 Å². The monoisotopic (exact) mass is 205 g/mol. The van der Waals surface area contributed by atoms with E-state index in [4.69, 9.17) is 5.41 Å². The van der Waals surface area contributed by atoms with Crippen LogP contribution in [0.25, 0.3) is 0 Å². The second kappa shape index (κ2) is 7.44. The van der Waals surface area contributed by atoms with Crippen molar-refractivity contribution in [3.8, 4) is 0 Å². The molecule has 15 heavy (non-hydrogen) atoms. The Labute approximate surface area is 93.8 Å². The highest BCUT2D eigenvalue weighted by Gasteiger charge is 2.00. The maximum atomic E-state index is 7.12. The average Bonchev–Trinajstić information content (AvgIpc) is 2.52. The van der Waals surface area contributed by atoms with E-state index in [1.54, 1.807) is 11.8 Å². The smallest absolute Gasteiger partial charge is 0.00195 e. The number of hydrogen-bond donors (Lipinski definition) is 1. The molecule has 0 radical (unpaired) electrons. The summed E-state index contributed by atoms with van der Waals surface area (Å²) in [7, 11) is 0. The largest absolute Gasteiger partial charge is 0.313 e. The first-order valence-corrected chi connectivity index (χ1v) is 6.16. The van der Waals surface area contributed by atoms with Crippen LogP contribution >= 0.6 is 0 Å². The van der Waals surface area contributed by atoms with Gasteiger partial charge in [0.2, 0.25) is 0 Å². The second-order valence-electron chi connectivity index (χ2n) is 4.50. The fraction of sp³-hybridized carbons (Fsp3) is 0.643. The Balaban J connectivity index is 2.11. The zero-order valence-electron chi connectivity index (χ0n) is 9.84. The predicted molar refractivity (Wildman–Crippen MR) is 67.5 cm³/mol. The van der Waals surface area contributed by atoms with Gasteiger partial charge in [-0.2, -0.15) is 0 Å². The van der Waals surface area contributed by atoms with Crippen LogP contribution in [0.15, 0.2) is 23.8 Å². The predicted octanol–water partition coefficient (Wildman–Crippen LogP) is 4.50. The molecule has 0 aromatic rings. The van der Waals surface area contributed by atoms with Crippen molar-refractivity contribution in [1.82, 2.24) is 0 Å². The van der Waals surface area contributed by atoms with E-state index in [2.05, 4.69) is 25.2 Å². The number of unbranched alkanes of at least 4 members (excludes halogenated alkanes) is 1. The summed E-state index contributed by atoms with van der Waals surface area (Å²) in [5.74, 6) is 0.466. The first-order valence-electron chi connectivity index (χ1n) is 6.16. The Bertz CT molecular complexity index is 238. The number of nitrogens with one attached hydrogen (secondary N) is 1. The zero-order valence-corrected chi connectivity index (χ0v) is 9.84. The molecule has 1 aliphatic carbocycles. The lowest BCUT2D eigenvalue weighted by Crippen LogP contribution is -1.94. The molecule has 1 N–H and O–H groups in total. The summed E-state index contributed by atoms with van der Waals surface area (Å²) >= 11 is 0. The summed E-state index contributed by atoms with van der Waals surface area (Å²) in [6.45, 7) is 2.13. The zero-order chi connectivity index (χ0) is 10.9. The minimum atomic E-state index is 0.466. The molecule has 0 fully saturated rings. The van der Waals surface area contributed by atoms with Gasteiger partial charge in [0.1, 0.15) is 0 Å². The molecule has 0 saturated carbocycles. The minimum absolute atomic E-state index is 0.466. The molecule has 0 amide bonds. The van der Waals surface area contributed by atoms with Crippen molar-refractivity contribution in [3.63, 3.8) is 0 Å². The topological polar surface area (TPSA) is 23.9 Å². The third-order valence-corrected chi connectivity index (χ3v) is 3.00. The van der Waals surface area contributed by atoms with Gasteiger partial charge in [0.15, 0.2) is 0 Å². The molecule has 0 spiro atoms. The summed E-state index contributed by atoms with van der Waals surface area (Å²) in [4.78, 5) is 0. The van der Waals surface area contributed by atoms with E-state index in [0.717, 1.165) is 0 Å². The van der Waals surface area contributed by atoms with Gasteiger partial charge < -0.3 is 5.41 Å². The molecule has 0 bridgehead atoms. The van der Waals surface area contributed by atoms with E-state index in [-0.39, 0.29) is 0 Å². The Kier molecular flexibility index (Phi) is 6.06. The number of allylic oxidation sites excluding steroid dienone is 4. The Morgan fingerprint density at radius 1 is 1.33 bits per heavy atom. The molecule has 1 aliphatic rings. The molecule has 1 rings (SSSR count). The maximum absolute atomic E-state index is 7.12. The SMILES string of the molecule is CC(C=N)CCCCC1=CCCC=CC1.